The number of pyridine rings is 1. The van der Waals surface area contributed by atoms with E-state index in [9.17, 15) is 9.18 Å². The normalized spacial score (nSPS) is 10.7. The van der Waals surface area contributed by atoms with E-state index in [2.05, 4.69) is 15.4 Å². The molecule has 3 aromatic rings. The summed E-state index contributed by atoms with van der Waals surface area (Å²) in [5, 5.41) is 8.01. The number of thioether (sulfide) groups is 1. The number of halogens is 1. The van der Waals surface area contributed by atoms with Gasteiger partial charge in [0.15, 0.2) is 0 Å². The van der Waals surface area contributed by atoms with E-state index in [1.165, 1.54) is 30.1 Å². The zero-order valence-corrected chi connectivity index (χ0v) is 14.7. The van der Waals surface area contributed by atoms with Gasteiger partial charge in [-0.05, 0) is 49.1 Å². The molecular formula is C18H17FN4OS. The summed E-state index contributed by atoms with van der Waals surface area (Å²) in [7, 11) is 0. The third-order valence-corrected chi connectivity index (χ3v) is 4.38. The highest BCUT2D eigenvalue weighted by atomic mass is 32.2. The number of hydrogen-bond donors (Lipinski definition) is 1. The molecule has 0 fully saturated rings. The van der Waals surface area contributed by atoms with Crippen LogP contribution in [0.3, 0.4) is 0 Å². The van der Waals surface area contributed by atoms with E-state index in [0.29, 0.717) is 23.4 Å². The second kappa shape index (κ2) is 7.48. The molecule has 0 aliphatic carbocycles. The number of hydrogen-bond acceptors (Lipinski definition) is 4. The van der Waals surface area contributed by atoms with Crippen molar-refractivity contribution in [2.45, 2.75) is 18.4 Å². The molecule has 5 nitrogen and oxygen atoms in total. The molecule has 0 spiro atoms. The summed E-state index contributed by atoms with van der Waals surface area (Å²) in [5.41, 5.74) is 2.58. The van der Waals surface area contributed by atoms with Gasteiger partial charge in [-0.25, -0.2) is 14.1 Å². The van der Waals surface area contributed by atoms with Crippen LogP contribution in [0.25, 0.3) is 5.69 Å². The zero-order valence-electron chi connectivity index (χ0n) is 13.9. The van der Waals surface area contributed by atoms with Crippen LogP contribution in [0.4, 0.5) is 10.1 Å². The Morgan fingerprint density at radius 2 is 1.96 bits per heavy atom. The Morgan fingerprint density at radius 1 is 1.20 bits per heavy atom. The van der Waals surface area contributed by atoms with Gasteiger partial charge in [0.2, 0.25) is 0 Å². The summed E-state index contributed by atoms with van der Waals surface area (Å²) in [6, 6.07) is 9.67. The number of nitrogens with zero attached hydrogens (tertiary/aromatic N) is 3. The molecule has 1 N–H and O–H groups in total. The van der Waals surface area contributed by atoms with E-state index in [4.69, 9.17) is 0 Å². The molecule has 0 saturated heterocycles. The molecule has 0 radical (unpaired) electrons. The van der Waals surface area contributed by atoms with Crippen LogP contribution >= 0.6 is 11.8 Å². The second-order valence-corrected chi connectivity index (χ2v) is 6.12. The van der Waals surface area contributed by atoms with Crippen LogP contribution in [-0.4, -0.2) is 26.9 Å². The van der Waals surface area contributed by atoms with Crippen LogP contribution in [-0.2, 0) is 6.42 Å². The van der Waals surface area contributed by atoms with E-state index in [1.54, 1.807) is 23.0 Å². The van der Waals surface area contributed by atoms with Crippen LogP contribution in [0.2, 0.25) is 0 Å². The Balaban J connectivity index is 1.86. The monoisotopic (exact) mass is 356 g/mol. The number of carbonyl (C=O) groups excluding carboxylic acids is 1. The Labute approximate surface area is 149 Å². The molecule has 1 amide bonds. The highest BCUT2D eigenvalue weighted by molar-refractivity contribution is 7.98. The molecular weight excluding hydrogens is 339 g/mol. The molecule has 128 valence electrons. The number of benzene rings is 1. The lowest BCUT2D eigenvalue weighted by molar-refractivity contribution is 0.102. The predicted octanol–water partition coefficient (Wildman–Crippen LogP) is 3.94. The first-order valence-corrected chi connectivity index (χ1v) is 8.99. The van der Waals surface area contributed by atoms with Crippen molar-refractivity contribution in [3.8, 4) is 5.69 Å². The van der Waals surface area contributed by atoms with Gasteiger partial charge in [-0.2, -0.15) is 5.10 Å². The first kappa shape index (κ1) is 17.2. The van der Waals surface area contributed by atoms with E-state index < -0.39 is 0 Å². The molecule has 2 heterocycles. The summed E-state index contributed by atoms with van der Waals surface area (Å²) in [6.07, 6.45) is 5.71. The number of carbonyl (C=O) groups is 1. The number of nitrogens with one attached hydrogen (secondary N) is 1. The van der Waals surface area contributed by atoms with Crippen molar-refractivity contribution in [3.63, 3.8) is 0 Å². The van der Waals surface area contributed by atoms with E-state index in [0.717, 1.165) is 10.7 Å². The van der Waals surface area contributed by atoms with Crippen molar-refractivity contribution in [2.24, 2.45) is 0 Å². The Bertz CT molecular complexity index is 875. The number of anilines is 1. The van der Waals surface area contributed by atoms with Gasteiger partial charge >= 0.3 is 0 Å². The summed E-state index contributed by atoms with van der Waals surface area (Å²) in [5.74, 6) is -0.558. The number of amides is 1. The first-order chi connectivity index (χ1) is 12.1. The molecule has 0 saturated carbocycles. The third kappa shape index (κ3) is 3.71. The molecule has 2 aromatic heterocycles. The molecule has 1 aromatic carbocycles. The van der Waals surface area contributed by atoms with Crippen molar-refractivity contribution in [1.29, 1.82) is 0 Å². The molecule has 0 aliphatic heterocycles. The van der Waals surface area contributed by atoms with Crippen LogP contribution in [0.1, 0.15) is 23.0 Å². The fraction of sp³-hybridized carbons (Fsp3) is 0.167. The molecule has 7 heteroatoms. The van der Waals surface area contributed by atoms with Crippen molar-refractivity contribution in [2.75, 3.05) is 11.6 Å². The van der Waals surface area contributed by atoms with Crippen molar-refractivity contribution < 1.29 is 9.18 Å². The van der Waals surface area contributed by atoms with Crippen molar-refractivity contribution in [3.05, 3.63) is 65.9 Å². The molecule has 0 aliphatic rings. The molecule has 0 atom stereocenters. The van der Waals surface area contributed by atoms with Crippen LogP contribution < -0.4 is 5.32 Å². The van der Waals surface area contributed by atoms with E-state index >= 15 is 0 Å². The number of aromatic nitrogens is 3. The third-order valence-electron chi connectivity index (χ3n) is 3.72. The largest absolute Gasteiger partial charge is 0.320 e. The van der Waals surface area contributed by atoms with Crippen LogP contribution in [0, 0.1) is 5.82 Å². The van der Waals surface area contributed by atoms with Gasteiger partial charge in [-0.15, -0.1) is 11.8 Å². The van der Waals surface area contributed by atoms with Gasteiger partial charge in [0.05, 0.1) is 40.1 Å². The fourth-order valence-corrected chi connectivity index (χ4v) is 2.84. The maximum absolute atomic E-state index is 13.1. The maximum Gasteiger partial charge on any atom is 0.259 e. The summed E-state index contributed by atoms with van der Waals surface area (Å²) in [6.45, 7) is 1.95. The van der Waals surface area contributed by atoms with Gasteiger partial charge in [-0.1, -0.05) is 6.92 Å². The summed E-state index contributed by atoms with van der Waals surface area (Å²) >= 11 is 1.54. The van der Waals surface area contributed by atoms with Crippen molar-refractivity contribution in [1.82, 2.24) is 14.8 Å². The number of rotatable bonds is 5. The lowest BCUT2D eigenvalue weighted by Crippen LogP contribution is -2.14. The fourth-order valence-electron chi connectivity index (χ4n) is 2.48. The van der Waals surface area contributed by atoms with Gasteiger partial charge < -0.3 is 5.32 Å². The lowest BCUT2D eigenvalue weighted by atomic mass is 10.2. The topological polar surface area (TPSA) is 59.8 Å². The molecule has 0 bridgehead atoms. The highest BCUT2D eigenvalue weighted by Crippen LogP contribution is 2.19. The summed E-state index contributed by atoms with van der Waals surface area (Å²) in [4.78, 5) is 16.8. The summed E-state index contributed by atoms with van der Waals surface area (Å²) < 4.78 is 14.8. The SMILES string of the molecule is CCc1c(C(=O)Nc2ccc(SC)nc2)cnn1-c1ccc(F)cc1. The van der Waals surface area contributed by atoms with Gasteiger partial charge in [0, 0.05) is 0 Å². The standard InChI is InChI=1S/C18H17FN4OS/c1-3-16-15(11-21-23(16)14-7-4-12(19)5-8-14)18(24)22-13-6-9-17(25-2)20-10-13/h4-11H,3H2,1-2H3,(H,22,24). The molecule has 3 rings (SSSR count). The minimum Gasteiger partial charge on any atom is -0.320 e. The average Bonchev–Trinajstić information content (AvgIpc) is 3.07. The highest BCUT2D eigenvalue weighted by Gasteiger charge is 2.17. The van der Waals surface area contributed by atoms with Crippen molar-refractivity contribution >= 4 is 23.4 Å². The molecule has 0 unspecified atom stereocenters. The average molecular weight is 356 g/mol. The molecule has 25 heavy (non-hydrogen) atoms. The minimum atomic E-state index is -0.312. The maximum atomic E-state index is 13.1. The lowest BCUT2D eigenvalue weighted by Gasteiger charge is -2.09. The smallest absolute Gasteiger partial charge is 0.259 e. The Morgan fingerprint density at radius 3 is 2.56 bits per heavy atom. The minimum absolute atomic E-state index is 0.246. The van der Waals surface area contributed by atoms with Gasteiger partial charge in [0.25, 0.3) is 5.91 Å². The van der Waals surface area contributed by atoms with Crippen LogP contribution in [0.15, 0.2) is 53.8 Å². The second-order valence-electron chi connectivity index (χ2n) is 5.29. The van der Waals surface area contributed by atoms with E-state index in [-0.39, 0.29) is 11.7 Å². The first-order valence-electron chi connectivity index (χ1n) is 7.76. The van der Waals surface area contributed by atoms with Crippen LogP contribution in [0.5, 0.6) is 0 Å². The van der Waals surface area contributed by atoms with Gasteiger partial charge in [0.1, 0.15) is 5.82 Å². The predicted molar refractivity (Wildman–Crippen MR) is 96.9 cm³/mol. The Hall–Kier alpha value is -2.67. The Kier molecular flexibility index (Phi) is 5.14. The quantitative estimate of drug-likeness (QED) is 0.704. The van der Waals surface area contributed by atoms with Gasteiger partial charge in [-0.3, -0.25) is 4.79 Å². The zero-order chi connectivity index (χ0) is 17.8. The van der Waals surface area contributed by atoms with E-state index in [1.807, 2.05) is 25.3 Å².